The topological polar surface area (TPSA) is 18.5 Å². The van der Waals surface area contributed by atoms with Crippen molar-refractivity contribution in [3.63, 3.8) is 0 Å². The number of alkyl halides is 9. The summed E-state index contributed by atoms with van der Waals surface area (Å²) in [6.45, 7) is 0.194. The van der Waals surface area contributed by atoms with E-state index in [0.29, 0.717) is 0 Å². The first-order valence-corrected chi connectivity index (χ1v) is 3.82. The number of hydrogen-bond acceptors (Lipinski definition) is 2. The highest BCUT2D eigenvalue weighted by Crippen LogP contribution is 2.53. The van der Waals surface area contributed by atoms with Gasteiger partial charge < -0.3 is 0 Å². The molecule has 0 atom stereocenters. The van der Waals surface area contributed by atoms with E-state index in [1.807, 2.05) is 0 Å². The molecule has 0 saturated heterocycles. The second-order valence-corrected chi connectivity index (χ2v) is 2.65. The molecule has 0 aliphatic heterocycles. The quantitative estimate of drug-likeness (QED) is 0.436. The van der Waals surface area contributed by atoms with Gasteiger partial charge in [-0.2, -0.15) is 44.4 Å². The molecule has 0 bridgehead atoms. The van der Waals surface area contributed by atoms with Crippen LogP contribution in [0, 0.1) is 0 Å². The smallest absolute Gasteiger partial charge is 0.231 e. The fourth-order valence-electron chi connectivity index (χ4n) is 0.546. The van der Waals surface area contributed by atoms with Crippen LogP contribution < -0.4 is 0 Å². The van der Waals surface area contributed by atoms with Crippen LogP contribution in [0.25, 0.3) is 0 Å². The lowest BCUT2D eigenvalue weighted by atomic mass is 10.1. The average molecular weight is 280 g/mol. The molecule has 0 aromatic heterocycles. The van der Waals surface area contributed by atoms with E-state index >= 15 is 0 Å². The van der Waals surface area contributed by atoms with Crippen LogP contribution in [-0.2, 0) is 9.78 Å². The Labute approximate surface area is 88.2 Å². The maximum atomic E-state index is 12.4. The Morgan fingerprint density at radius 2 is 1.18 bits per heavy atom. The Kier molecular flexibility index (Phi) is 4.33. The van der Waals surface area contributed by atoms with Gasteiger partial charge in [0.1, 0.15) is 0 Å². The average Bonchev–Trinajstić information content (AvgIpc) is 2.12. The van der Waals surface area contributed by atoms with Gasteiger partial charge >= 0.3 is 24.1 Å². The van der Waals surface area contributed by atoms with E-state index in [-0.39, 0.29) is 0 Å². The third-order valence-corrected chi connectivity index (χ3v) is 1.40. The van der Waals surface area contributed by atoms with Crippen molar-refractivity contribution in [1.29, 1.82) is 0 Å². The van der Waals surface area contributed by atoms with Crippen LogP contribution >= 0.6 is 0 Å². The molecule has 0 fully saturated rings. The summed E-state index contributed by atoms with van der Waals surface area (Å²) < 4.78 is 108. The SMILES string of the molecule is CCOOC(F)(F)C(F)(F)C(F)(F)C(F)(F)F. The first-order chi connectivity index (χ1) is 7.31. The Morgan fingerprint density at radius 1 is 0.765 bits per heavy atom. The monoisotopic (exact) mass is 280 g/mol. The molecule has 0 unspecified atom stereocenters. The predicted octanol–water partition coefficient (Wildman–Crippen LogP) is 3.38. The van der Waals surface area contributed by atoms with Gasteiger partial charge in [0, 0.05) is 0 Å². The molecule has 104 valence electrons. The van der Waals surface area contributed by atoms with Crippen molar-refractivity contribution < 1.29 is 49.3 Å². The van der Waals surface area contributed by atoms with Crippen molar-refractivity contribution >= 4 is 0 Å². The zero-order valence-corrected chi connectivity index (χ0v) is 7.93. The molecule has 0 aliphatic rings. The van der Waals surface area contributed by atoms with E-state index in [0.717, 1.165) is 6.92 Å². The molecule has 0 heterocycles. The van der Waals surface area contributed by atoms with Crippen molar-refractivity contribution in [2.45, 2.75) is 31.1 Å². The van der Waals surface area contributed by atoms with E-state index in [2.05, 4.69) is 9.78 Å². The molecule has 11 heteroatoms. The fourth-order valence-corrected chi connectivity index (χ4v) is 0.546. The zero-order valence-electron chi connectivity index (χ0n) is 7.93. The van der Waals surface area contributed by atoms with E-state index in [1.54, 1.807) is 0 Å². The molecule has 0 aromatic rings. The van der Waals surface area contributed by atoms with Gasteiger partial charge in [-0.25, -0.2) is 4.89 Å². The molecule has 0 aliphatic carbocycles. The van der Waals surface area contributed by atoms with E-state index < -0.39 is 30.7 Å². The summed E-state index contributed by atoms with van der Waals surface area (Å²) in [4.78, 5) is 5.82. The lowest BCUT2D eigenvalue weighted by Gasteiger charge is -2.31. The standard InChI is InChI=1S/C6H5F9O2/c1-2-16-17-6(14,15)4(9,10)3(7,8)5(11,12)13/h2H2,1H3. The number of halogens is 9. The van der Waals surface area contributed by atoms with Crippen LogP contribution in [0.5, 0.6) is 0 Å². The Bertz CT molecular complexity index is 259. The molecular weight excluding hydrogens is 275 g/mol. The summed E-state index contributed by atoms with van der Waals surface area (Å²) in [5.41, 5.74) is 0. The fraction of sp³-hybridized carbons (Fsp3) is 1.00. The molecule has 0 spiro atoms. The predicted molar refractivity (Wildman–Crippen MR) is 33.6 cm³/mol. The molecule has 17 heavy (non-hydrogen) atoms. The molecule has 0 radical (unpaired) electrons. The first-order valence-electron chi connectivity index (χ1n) is 3.82. The van der Waals surface area contributed by atoms with Gasteiger partial charge in [-0.15, -0.1) is 0 Å². The van der Waals surface area contributed by atoms with Crippen molar-refractivity contribution in [1.82, 2.24) is 0 Å². The van der Waals surface area contributed by atoms with E-state index in [9.17, 15) is 39.5 Å². The molecule has 0 amide bonds. The highest BCUT2D eigenvalue weighted by atomic mass is 19.4. The van der Waals surface area contributed by atoms with Crippen LogP contribution in [0.3, 0.4) is 0 Å². The Hall–Kier alpha value is -0.710. The summed E-state index contributed by atoms with van der Waals surface area (Å²) >= 11 is 0. The first kappa shape index (κ1) is 16.3. The van der Waals surface area contributed by atoms with Crippen LogP contribution in [0.1, 0.15) is 6.92 Å². The summed E-state index contributed by atoms with van der Waals surface area (Å²) in [5, 5.41) is 0. The normalized spacial score (nSPS) is 15.2. The largest absolute Gasteiger partial charge is 0.460 e. The zero-order chi connectivity index (χ0) is 14.1. The van der Waals surface area contributed by atoms with Crippen LogP contribution in [0.4, 0.5) is 39.5 Å². The van der Waals surface area contributed by atoms with Gasteiger partial charge in [0.05, 0.1) is 6.61 Å². The minimum atomic E-state index is -6.97. The number of rotatable bonds is 5. The van der Waals surface area contributed by atoms with Crippen LogP contribution in [0.15, 0.2) is 0 Å². The molecule has 0 saturated carbocycles. The lowest BCUT2D eigenvalue weighted by Crippen LogP contribution is -2.61. The molecule has 2 nitrogen and oxygen atoms in total. The van der Waals surface area contributed by atoms with Crippen molar-refractivity contribution in [2.24, 2.45) is 0 Å². The summed E-state index contributed by atoms with van der Waals surface area (Å²) in [7, 11) is 0. The maximum Gasteiger partial charge on any atom is 0.460 e. The molecular formula is C6H5F9O2. The highest BCUT2D eigenvalue weighted by molar-refractivity contribution is 4.96. The molecule has 0 aromatic carbocycles. The van der Waals surface area contributed by atoms with Gasteiger partial charge in [0.25, 0.3) is 0 Å². The summed E-state index contributed by atoms with van der Waals surface area (Å²) in [5.74, 6) is -13.8. The summed E-state index contributed by atoms with van der Waals surface area (Å²) in [6, 6.07) is 0. The maximum absolute atomic E-state index is 12.4. The molecule has 0 rings (SSSR count). The summed E-state index contributed by atoms with van der Waals surface area (Å²) in [6.07, 6.45) is -13.0. The van der Waals surface area contributed by atoms with Crippen LogP contribution in [-0.4, -0.2) is 30.7 Å². The highest BCUT2D eigenvalue weighted by Gasteiger charge is 2.83. The van der Waals surface area contributed by atoms with Gasteiger partial charge in [0.15, 0.2) is 0 Å². The van der Waals surface area contributed by atoms with Crippen molar-refractivity contribution in [3.8, 4) is 0 Å². The van der Waals surface area contributed by atoms with Gasteiger partial charge in [-0.05, 0) is 6.92 Å². The second-order valence-electron chi connectivity index (χ2n) is 2.65. The van der Waals surface area contributed by atoms with Gasteiger partial charge in [0.2, 0.25) is 0 Å². The Morgan fingerprint density at radius 3 is 1.47 bits per heavy atom. The van der Waals surface area contributed by atoms with Crippen molar-refractivity contribution in [3.05, 3.63) is 0 Å². The minimum Gasteiger partial charge on any atom is -0.231 e. The third kappa shape index (κ3) is 2.76. The van der Waals surface area contributed by atoms with Gasteiger partial charge in [-0.1, -0.05) is 0 Å². The number of hydrogen-bond donors (Lipinski definition) is 0. The Balaban J connectivity index is 5.24. The van der Waals surface area contributed by atoms with Crippen molar-refractivity contribution in [2.75, 3.05) is 6.61 Å². The second kappa shape index (κ2) is 4.52. The van der Waals surface area contributed by atoms with Gasteiger partial charge in [-0.3, -0.25) is 0 Å². The van der Waals surface area contributed by atoms with E-state index in [4.69, 9.17) is 0 Å². The van der Waals surface area contributed by atoms with Crippen LogP contribution in [0.2, 0.25) is 0 Å². The minimum absolute atomic E-state index is 0.761. The lowest BCUT2D eigenvalue weighted by molar-refractivity contribution is -0.519. The van der Waals surface area contributed by atoms with E-state index in [1.165, 1.54) is 0 Å². The molecule has 0 N–H and O–H groups in total. The third-order valence-electron chi connectivity index (χ3n) is 1.40.